The summed E-state index contributed by atoms with van der Waals surface area (Å²) < 4.78 is 26.8. The van der Waals surface area contributed by atoms with Gasteiger partial charge in [0.1, 0.15) is 0 Å². The summed E-state index contributed by atoms with van der Waals surface area (Å²) in [4.78, 5) is 11.4. The van der Waals surface area contributed by atoms with E-state index >= 15 is 0 Å². The van der Waals surface area contributed by atoms with Gasteiger partial charge in [0.15, 0.2) is 0 Å². The second-order valence-corrected chi connectivity index (χ2v) is 7.98. The molecule has 7 heteroatoms. The van der Waals surface area contributed by atoms with Gasteiger partial charge in [-0.15, -0.1) is 0 Å². The molecule has 0 radical (unpaired) electrons. The van der Waals surface area contributed by atoms with Crippen molar-refractivity contribution < 1.29 is 18.3 Å². The van der Waals surface area contributed by atoms with Gasteiger partial charge in [-0.1, -0.05) is 29.8 Å². The van der Waals surface area contributed by atoms with Crippen molar-refractivity contribution in [2.45, 2.75) is 17.7 Å². The Hall–Kier alpha value is -1.89. The van der Waals surface area contributed by atoms with E-state index < -0.39 is 16.0 Å². The summed E-state index contributed by atoms with van der Waals surface area (Å²) in [6.07, 6.45) is 1.75. The average Bonchev–Trinajstić information content (AvgIpc) is 3.10. The second-order valence-electron chi connectivity index (χ2n) is 5.64. The van der Waals surface area contributed by atoms with Gasteiger partial charge in [0.25, 0.3) is 0 Å². The number of halogens is 1. The molecule has 1 fully saturated rings. The van der Waals surface area contributed by atoms with Gasteiger partial charge in [-0.3, -0.25) is 0 Å². The Kier molecular flexibility index (Phi) is 4.62. The van der Waals surface area contributed by atoms with Crippen LogP contribution in [0.2, 0.25) is 5.02 Å². The van der Waals surface area contributed by atoms with E-state index in [9.17, 15) is 18.3 Å². The quantitative estimate of drug-likeness (QED) is 0.899. The predicted octanol–water partition coefficient (Wildman–Crippen LogP) is 3.49. The summed E-state index contributed by atoms with van der Waals surface area (Å²) in [5.41, 5.74) is 1.23. The summed E-state index contributed by atoms with van der Waals surface area (Å²) in [6.45, 7) is 1.08. The molecule has 2 aromatic rings. The number of hydrogen-bond donors (Lipinski definition) is 1. The van der Waals surface area contributed by atoms with E-state index in [4.69, 9.17) is 11.6 Å². The summed E-state index contributed by atoms with van der Waals surface area (Å²) in [5, 5.41) is 9.32. The normalized spacial score (nSPS) is 15.5. The van der Waals surface area contributed by atoms with Crippen molar-refractivity contribution in [1.82, 2.24) is 4.31 Å². The van der Waals surface area contributed by atoms with E-state index in [1.807, 2.05) is 0 Å². The van der Waals surface area contributed by atoms with Crippen molar-refractivity contribution in [2.75, 3.05) is 13.1 Å². The largest absolute Gasteiger partial charge is 0.478 e. The first kappa shape index (κ1) is 17.0. The Bertz CT molecular complexity index is 889. The fraction of sp³-hybridized carbons (Fsp3) is 0.235. The molecule has 1 aliphatic heterocycles. The zero-order valence-corrected chi connectivity index (χ0v) is 14.3. The van der Waals surface area contributed by atoms with Gasteiger partial charge in [-0.25, -0.2) is 13.2 Å². The Morgan fingerprint density at radius 3 is 2.38 bits per heavy atom. The van der Waals surface area contributed by atoms with Crippen LogP contribution in [0.25, 0.3) is 11.1 Å². The molecule has 0 spiro atoms. The van der Waals surface area contributed by atoms with Crippen LogP contribution in [0.5, 0.6) is 0 Å². The zero-order chi connectivity index (χ0) is 17.3. The highest BCUT2D eigenvalue weighted by atomic mass is 35.5. The number of aromatic carboxylic acids is 1. The summed E-state index contributed by atoms with van der Waals surface area (Å²) >= 11 is 5.89. The number of hydrogen-bond acceptors (Lipinski definition) is 3. The monoisotopic (exact) mass is 365 g/mol. The van der Waals surface area contributed by atoms with Crippen molar-refractivity contribution in [3.05, 3.63) is 53.1 Å². The van der Waals surface area contributed by atoms with Gasteiger partial charge in [-0.2, -0.15) is 4.31 Å². The van der Waals surface area contributed by atoms with E-state index in [0.29, 0.717) is 24.2 Å². The van der Waals surface area contributed by atoms with Gasteiger partial charge in [-0.05, 0) is 48.2 Å². The van der Waals surface area contributed by atoms with Crippen LogP contribution in [0.4, 0.5) is 0 Å². The Morgan fingerprint density at radius 1 is 1.04 bits per heavy atom. The van der Waals surface area contributed by atoms with Gasteiger partial charge in [0.2, 0.25) is 10.0 Å². The fourth-order valence-corrected chi connectivity index (χ4v) is 4.54. The third-order valence-corrected chi connectivity index (χ3v) is 6.29. The molecule has 0 saturated carbocycles. The molecular weight excluding hydrogens is 350 g/mol. The van der Waals surface area contributed by atoms with Crippen LogP contribution in [0.3, 0.4) is 0 Å². The molecule has 0 atom stereocenters. The highest BCUT2D eigenvalue weighted by Crippen LogP contribution is 2.28. The smallest absolute Gasteiger partial charge is 0.337 e. The molecule has 0 aromatic heterocycles. The van der Waals surface area contributed by atoms with E-state index in [1.54, 1.807) is 30.3 Å². The molecule has 24 heavy (non-hydrogen) atoms. The van der Waals surface area contributed by atoms with Crippen LogP contribution in [0.15, 0.2) is 47.4 Å². The van der Waals surface area contributed by atoms with Crippen molar-refractivity contribution in [3.63, 3.8) is 0 Å². The standard InChI is InChI=1S/C17H16ClNO4S/c18-16-7-6-13(11-15(16)17(20)21)12-4-3-5-14(10-12)24(22,23)19-8-1-2-9-19/h3-7,10-11H,1-2,8-9H2,(H,20,21). The van der Waals surface area contributed by atoms with Crippen LogP contribution in [-0.2, 0) is 10.0 Å². The van der Waals surface area contributed by atoms with Crippen LogP contribution in [0, 0.1) is 0 Å². The lowest BCUT2D eigenvalue weighted by molar-refractivity contribution is 0.0697. The molecule has 3 rings (SSSR count). The minimum atomic E-state index is -3.51. The Labute approximate surface area is 145 Å². The van der Waals surface area contributed by atoms with E-state index in [2.05, 4.69) is 0 Å². The Balaban J connectivity index is 2.02. The van der Waals surface area contributed by atoms with Crippen LogP contribution in [0.1, 0.15) is 23.2 Å². The predicted molar refractivity (Wildman–Crippen MR) is 91.8 cm³/mol. The minimum absolute atomic E-state index is 0.0121. The molecule has 0 bridgehead atoms. The maximum Gasteiger partial charge on any atom is 0.337 e. The van der Waals surface area contributed by atoms with Gasteiger partial charge < -0.3 is 5.11 Å². The first-order valence-corrected chi connectivity index (χ1v) is 9.35. The number of rotatable bonds is 4. The zero-order valence-electron chi connectivity index (χ0n) is 12.8. The number of carboxylic acids is 1. The van der Waals surface area contributed by atoms with Crippen LogP contribution >= 0.6 is 11.6 Å². The highest BCUT2D eigenvalue weighted by molar-refractivity contribution is 7.89. The van der Waals surface area contributed by atoms with Gasteiger partial charge >= 0.3 is 5.97 Å². The molecule has 1 heterocycles. The number of sulfonamides is 1. The lowest BCUT2D eigenvalue weighted by atomic mass is 10.0. The first-order chi connectivity index (χ1) is 11.4. The fourth-order valence-electron chi connectivity index (χ4n) is 2.78. The van der Waals surface area contributed by atoms with Crippen molar-refractivity contribution in [2.24, 2.45) is 0 Å². The molecule has 5 nitrogen and oxygen atoms in total. The summed E-state index contributed by atoms with van der Waals surface area (Å²) in [5.74, 6) is -1.12. The van der Waals surface area contributed by atoms with E-state index in [-0.39, 0.29) is 15.5 Å². The Morgan fingerprint density at radius 2 is 1.71 bits per heavy atom. The molecule has 1 aliphatic rings. The molecule has 0 aliphatic carbocycles. The number of benzene rings is 2. The highest BCUT2D eigenvalue weighted by Gasteiger charge is 2.27. The molecule has 2 aromatic carbocycles. The molecule has 0 unspecified atom stereocenters. The summed E-state index contributed by atoms with van der Waals surface area (Å²) in [7, 11) is -3.51. The number of carboxylic acid groups (broad SMARTS) is 1. The SMILES string of the molecule is O=C(O)c1cc(-c2cccc(S(=O)(=O)N3CCCC3)c2)ccc1Cl. The third-order valence-electron chi connectivity index (χ3n) is 4.07. The van der Waals surface area contributed by atoms with Crippen LogP contribution in [-0.4, -0.2) is 36.9 Å². The summed E-state index contributed by atoms with van der Waals surface area (Å²) in [6, 6.07) is 11.2. The van der Waals surface area contributed by atoms with E-state index in [1.165, 1.54) is 16.4 Å². The topological polar surface area (TPSA) is 74.7 Å². The first-order valence-electron chi connectivity index (χ1n) is 7.53. The van der Waals surface area contributed by atoms with Gasteiger partial charge in [0, 0.05) is 13.1 Å². The number of carbonyl (C=O) groups is 1. The average molecular weight is 366 g/mol. The van der Waals surface area contributed by atoms with Crippen molar-refractivity contribution in [3.8, 4) is 11.1 Å². The third kappa shape index (κ3) is 3.17. The molecular formula is C17H16ClNO4S. The number of nitrogens with zero attached hydrogens (tertiary/aromatic N) is 1. The minimum Gasteiger partial charge on any atom is -0.478 e. The lowest BCUT2D eigenvalue weighted by Crippen LogP contribution is -2.27. The van der Waals surface area contributed by atoms with Crippen LogP contribution < -0.4 is 0 Å². The van der Waals surface area contributed by atoms with Crippen molar-refractivity contribution >= 4 is 27.6 Å². The molecule has 0 amide bonds. The molecule has 1 N–H and O–H groups in total. The maximum absolute atomic E-state index is 12.7. The van der Waals surface area contributed by atoms with Crippen molar-refractivity contribution in [1.29, 1.82) is 0 Å². The molecule has 1 saturated heterocycles. The van der Waals surface area contributed by atoms with E-state index in [0.717, 1.165) is 12.8 Å². The lowest BCUT2D eigenvalue weighted by Gasteiger charge is -2.16. The maximum atomic E-state index is 12.7. The molecule has 126 valence electrons. The van der Waals surface area contributed by atoms with Gasteiger partial charge in [0.05, 0.1) is 15.5 Å². The second kappa shape index (κ2) is 6.55.